The van der Waals surface area contributed by atoms with Crippen LogP contribution in [-0.2, 0) is 25.6 Å². The number of nitrogens with zero attached hydrogens (tertiary/aromatic N) is 2. The van der Waals surface area contributed by atoms with Gasteiger partial charge < -0.3 is 10.6 Å². The highest BCUT2D eigenvalue weighted by Gasteiger charge is 2.28. The summed E-state index contributed by atoms with van der Waals surface area (Å²) in [5.41, 5.74) is 1.36. The molecule has 2 amide bonds. The number of rotatable bonds is 8. The van der Waals surface area contributed by atoms with E-state index in [1.165, 1.54) is 12.1 Å². The molecule has 4 rings (SSSR count). The topological polar surface area (TPSA) is 127 Å². The summed E-state index contributed by atoms with van der Waals surface area (Å²) in [6.45, 7) is 5.56. The summed E-state index contributed by atoms with van der Waals surface area (Å²) in [6.07, 6.45) is 4.60. The van der Waals surface area contributed by atoms with E-state index in [0.29, 0.717) is 36.9 Å². The molecule has 9 nitrogen and oxygen atoms in total. The summed E-state index contributed by atoms with van der Waals surface area (Å²) in [7, 11) is -3.54. The van der Waals surface area contributed by atoms with Gasteiger partial charge >= 0.3 is 0 Å². The monoisotopic (exact) mass is 582 g/mol. The third kappa shape index (κ3) is 8.17. The summed E-state index contributed by atoms with van der Waals surface area (Å²) >= 11 is 0. The average Bonchev–Trinajstić information content (AvgIpc) is 2.91. The lowest BCUT2D eigenvalue weighted by atomic mass is 9.85. The third-order valence-corrected chi connectivity index (χ3v) is 7.51. The fraction of sp³-hybridized carbons (Fsp3) is 0.400. The van der Waals surface area contributed by atoms with E-state index in [1.807, 2.05) is 30.3 Å². The summed E-state index contributed by atoms with van der Waals surface area (Å²) in [4.78, 5) is 34.8. The van der Waals surface area contributed by atoms with Crippen LogP contribution in [-0.4, -0.2) is 42.6 Å². The Kier molecular flexibility index (Phi) is 9.18. The first-order chi connectivity index (χ1) is 19.3. The largest absolute Gasteiger partial charge is 0.348 e. The van der Waals surface area contributed by atoms with E-state index >= 15 is 4.39 Å². The minimum absolute atomic E-state index is 0.0130. The zero-order chi connectivity index (χ0) is 29.8. The van der Waals surface area contributed by atoms with E-state index in [1.54, 1.807) is 33.0 Å². The molecular formula is C30H35FN4O5S. The van der Waals surface area contributed by atoms with Crippen molar-refractivity contribution in [1.29, 1.82) is 0 Å². The van der Waals surface area contributed by atoms with Gasteiger partial charge in [-0.25, -0.2) is 14.4 Å². The van der Waals surface area contributed by atoms with Crippen LogP contribution >= 0.6 is 0 Å². The maximum Gasteiger partial charge on any atom is 0.264 e. The number of benzene rings is 2. The van der Waals surface area contributed by atoms with Crippen LogP contribution in [0.3, 0.4) is 0 Å². The van der Waals surface area contributed by atoms with E-state index in [4.69, 9.17) is 9.17 Å². The van der Waals surface area contributed by atoms with E-state index in [-0.39, 0.29) is 41.5 Å². The number of hydrogen-bond acceptors (Lipinski definition) is 7. The van der Waals surface area contributed by atoms with Gasteiger partial charge in [0.25, 0.3) is 16.0 Å². The molecule has 1 saturated carbocycles. The van der Waals surface area contributed by atoms with Crippen molar-refractivity contribution in [3.8, 4) is 11.3 Å². The zero-order valence-corrected chi connectivity index (χ0v) is 24.4. The Labute approximate surface area is 240 Å². The molecule has 2 aromatic carbocycles. The summed E-state index contributed by atoms with van der Waals surface area (Å²) in [5, 5.41) is 5.53. The van der Waals surface area contributed by atoms with Crippen molar-refractivity contribution >= 4 is 27.8 Å². The molecule has 0 radical (unpaired) electrons. The minimum atomic E-state index is -3.54. The average molecular weight is 583 g/mol. The number of halogens is 1. The molecule has 11 heteroatoms. The maximum atomic E-state index is 15.3. The number of anilines is 1. The van der Waals surface area contributed by atoms with Crippen LogP contribution in [0.1, 0.15) is 74.0 Å². The number of aromatic nitrogens is 2. The molecule has 0 unspecified atom stereocenters. The SMILES string of the molecule is CC(C)(C)C(=O)Nc1ncc([C@H]2CC[C@H](OS(C)(=O)=O)CC2)nc1-c1ccc(C(=O)NCc2ccccc2)c(F)c1. The van der Waals surface area contributed by atoms with Crippen LogP contribution in [0.2, 0.25) is 0 Å². The molecule has 0 spiro atoms. The molecule has 1 heterocycles. The van der Waals surface area contributed by atoms with Gasteiger partial charge in [0.05, 0.1) is 29.8 Å². The van der Waals surface area contributed by atoms with Gasteiger partial charge in [-0.05, 0) is 43.4 Å². The summed E-state index contributed by atoms with van der Waals surface area (Å²) in [5.74, 6) is -1.39. The van der Waals surface area contributed by atoms with Gasteiger partial charge in [-0.15, -0.1) is 0 Å². The van der Waals surface area contributed by atoms with E-state index in [2.05, 4.69) is 15.6 Å². The van der Waals surface area contributed by atoms with E-state index in [0.717, 1.165) is 11.8 Å². The fourth-order valence-corrected chi connectivity index (χ4v) is 5.30. The van der Waals surface area contributed by atoms with Gasteiger partial charge in [0.1, 0.15) is 11.5 Å². The van der Waals surface area contributed by atoms with Crippen molar-refractivity contribution in [3.05, 3.63) is 77.4 Å². The molecule has 1 aliphatic carbocycles. The van der Waals surface area contributed by atoms with Gasteiger partial charge in [0.15, 0.2) is 5.82 Å². The molecular weight excluding hydrogens is 547 g/mol. The molecule has 0 atom stereocenters. The predicted molar refractivity (Wildman–Crippen MR) is 154 cm³/mol. The molecule has 1 fully saturated rings. The van der Waals surface area contributed by atoms with Gasteiger partial charge in [-0.2, -0.15) is 8.42 Å². The van der Waals surface area contributed by atoms with Crippen molar-refractivity contribution in [2.75, 3.05) is 11.6 Å². The van der Waals surface area contributed by atoms with Gasteiger partial charge in [-0.1, -0.05) is 57.2 Å². The minimum Gasteiger partial charge on any atom is -0.348 e. The molecule has 3 aromatic rings. The Bertz CT molecular complexity index is 1520. The third-order valence-electron chi connectivity index (χ3n) is 6.89. The molecule has 218 valence electrons. The Hall–Kier alpha value is -3.70. The number of nitrogens with one attached hydrogen (secondary N) is 2. The van der Waals surface area contributed by atoms with Crippen LogP contribution in [0.15, 0.2) is 54.7 Å². The second kappa shape index (κ2) is 12.4. The van der Waals surface area contributed by atoms with Crippen LogP contribution in [0.5, 0.6) is 0 Å². The first-order valence-electron chi connectivity index (χ1n) is 13.5. The summed E-state index contributed by atoms with van der Waals surface area (Å²) < 4.78 is 43.4. The molecule has 0 bridgehead atoms. The molecule has 2 N–H and O–H groups in total. The smallest absolute Gasteiger partial charge is 0.264 e. The normalized spacial score (nSPS) is 17.6. The molecule has 0 aliphatic heterocycles. The van der Waals surface area contributed by atoms with E-state index in [9.17, 15) is 18.0 Å². The predicted octanol–water partition coefficient (Wildman–Crippen LogP) is 5.20. The highest BCUT2D eigenvalue weighted by atomic mass is 32.2. The lowest BCUT2D eigenvalue weighted by Crippen LogP contribution is -2.28. The van der Waals surface area contributed by atoms with Gasteiger partial charge in [0.2, 0.25) is 5.91 Å². The van der Waals surface area contributed by atoms with Crippen molar-refractivity contribution in [2.45, 2.75) is 65.0 Å². The van der Waals surface area contributed by atoms with Crippen LogP contribution < -0.4 is 10.6 Å². The lowest BCUT2D eigenvalue weighted by molar-refractivity contribution is -0.123. The molecule has 0 saturated heterocycles. The van der Waals surface area contributed by atoms with Crippen LogP contribution in [0, 0.1) is 11.2 Å². The maximum absolute atomic E-state index is 15.3. The highest BCUT2D eigenvalue weighted by Crippen LogP contribution is 2.36. The first-order valence-corrected chi connectivity index (χ1v) is 15.3. The van der Waals surface area contributed by atoms with Crippen molar-refractivity contribution in [3.63, 3.8) is 0 Å². The van der Waals surface area contributed by atoms with Crippen molar-refractivity contribution < 1.29 is 26.6 Å². The first kappa shape index (κ1) is 30.3. The highest BCUT2D eigenvalue weighted by molar-refractivity contribution is 7.86. The van der Waals surface area contributed by atoms with E-state index < -0.39 is 27.3 Å². The Morgan fingerprint density at radius 2 is 1.73 bits per heavy atom. The van der Waals surface area contributed by atoms with Gasteiger partial charge in [-0.3, -0.25) is 13.8 Å². The molecule has 1 aliphatic rings. The van der Waals surface area contributed by atoms with Crippen LogP contribution in [0.4, 0.5) is 10.2 Å². The summed E-state index contributed by atoms with van der Waals surface area (Å²) in [6, 6.07) is 13.5. The van der Waals surface area contributed by atoms with Gasteiger partial charge in [0, 0.05) is 23.4 Å². The van der Waals surface area contributed by atoms with Crippen molar-refractivity contribution in [2.24, 2.45) is 5.41 Å². The lowest BCUT2D eigenvalue weighted by Gasteiger charge is -2.27. The Balaban J connectivity index is 1.59. The number of carbonyl (C=O) groups is 2. The fourth-order valence-electron chi connectivity index (χ4n) is 4.61. The molecule has 1 aromatic heterocycles. The standard InChI is InChI=1S/C30H35FN4O5S/c1-30(2,3)29(37)35-27-26(34-25(18-32-27)20-10-13-22(14-11-20)40-41(4,38)39)21-12-15-23(24(31)16-21)28(36)33-17-19-8-6-5-7-9-19/h5-9,12,15-16,18,20,22H,10-11,13-14,17H2,1-4H3,(H,33,36)(H,32,35,37)/t20-,22-. The van der Waals surface area contributed by atoms with Crippen molar-refractivity contribution in [1.82, 2.24) is 15.3 Å². The van der Waals surface area contributed by atoms with Crippen LogP contribution in [0.25, 0.3) is 11.3 Å². The number of carbonyl (C=O) groups excluding carboxylic acids is 2. The Morgan fingerprint density at radius 3 is 2.34 bits per heavy atom. The second-order valence-electron chi connectivity index (χ2n) is 11.3. The quantitative estimate of drug-likeness (QED) is 0.350. The number of hydrogen-bond donors (Lipinski definition) is 2. The second-order valence-corrected chi connectivity index (χ2v) is 12.9. The molecule has 41 heavy (non-hydrogen) atoms. The Morgan fingerprint density at radius 1 is 1.05 bits per heavy atom. The zero-order valence-electron chi connectivity index (χ0n) is 23.6. The number of amides is 2.